The van der Waals surface area contributed by atoms with E-state index in [9.17, 15) is 43.2 Å². The summed E-state index contributed by atoms with van der Waals surface area (Å²) in [5.74, 6) is 0.855. The van der Waals surface area contributed by atoms with Crippen molar-refractivity contribution in [1.82, 2.24) is 0 Å². The van der Waals surface area contributed by atoms with Gasteiger partial charge in [0.2, 0.25) is 0 Å². The first-order chi connectivity index (χ1) is 42.6. The average Bonchev–Trinajstić information content (AvgIpc) is 3.58. The second-order valence-electron chi connectivity index (χ2n) is 26.9. The Hall–Kier alpha value is -1.94. The highest BCUT2D eigenvalue weighted by Gasteiger charge is 2.30. The van der Waals surface area contributed by atoms with Crippen LogP contribution in [0.4, 0.5) is 0 Å². The number of ether oxygens (including phenoxy) is 4. The molecule has 89 heavy (non-hydrogen) atoms. The number of esters is 4. The van der Waals surface area contributed by atoms with Crippen LogP contribution in [0.25, 0.3) is 0 Å². The largest absolute Gasteiger partial charge is 0.472 e. The zero-order valence-corrected chi connectivity index (χ0v) is 59.8. The molecular formula is C70H136O17P2. The van der Waals surface area contributed by atoms with Crippen LogP contribution in [0.15, 0.2) is 0 Å². The first kappa shape index (κ1) is 87.1. The van der Waals surface area contributed by atoms with E-state index in [-0.39, 0.29) is 25.7 Å². The van der Waals surface area contributed by atoms with Gasteiger partial charge in [0.05, 0.1) is 26.4 Å². The molecule has 6 atom stereocenters. The minimum absolute atomic E-state index is 0.104. The molecule has 0 aliphatic heterocycles. The lowest BCUT2D eigenvalue weighted by Gasteiger charge is -2.21. The maximum atomic E-state index is 13.0. The van der Waals surface area contributed by atoms with E-state index in [1.54, 1.807) is 0 Å². The van der Waals surface area contributed by atoms with Gasteiger partial charge in [-0.1, -0.05) is 293 Å². The summed E-state index contributed by atoms with van der Waals surface area (Å²) >= 11 is 0. The number of hydrogen-bond acceptors (Lipinski definition) is 15. The fourth-order valence-electron chi connectivity index (χ4n) is 10.5. The van der Waals surface area contributed by atoms with Crippen LogP contribution < -0.4 is 0 Å². The van der Waals surface area contributed by atoms with E-state index in [4.69, 9.17) is 37.0 Å². The van der Waals surface area contributed by atoms with Crippen molar-refractivity contribution in [2.24, 2.45) is 23.7 Å². The first-order valence-electron chi connectivity index (χ1n) is 36.2. The van der Waals surface area contributed by atoms with Crippen molar-refractivity contribution in [2.45, 2.75) is 363 Å². The molecule has 0 spiro atoms. The molecule has 0 amide bonds. The number of carbonyl (C=O) groups is 4. The van der Waals surface area contributed by atoms with Gasteiger partial charge in [-0.05, 0) is 49.4 Å². The third-order valence-corrected chi connectivity index (χ3v) is 18.3. The van der Waals surface area contributed by atoms with Gasteiger partial charge in [-0.25, -0.2) is 9.13 Å². The van der Waals surface area contributed by atoms with Crippen molar-refractivity contribution in [1.29, 1.82) is 0 Å². The van der Waals surface area contributed by atoms with Crippen molar-refractivity contribution < 1.29 is 80.2 Å². The summed E-state index contributed by atoms with van der Waals surface area (Å²) < 4.78 is 68.3. The number of carbonyl (C=O) groups excluding carboxylic acids is 4. The Morgan fingerprint density at radius 2 is 0.539 bits per heavy atom. The molecule has 0 bridgehead atoms. The maximum Gasteiger partial charge on any atom is 0.472 e. The van der Waals surface area contributed by atoms with E-state index < -0.39 is 97.5 Å². The third kappa shape index (κ3) is 63.2. The molecule has 0 rings (SSSR count). The minimum atomic E-state index is -4.95. The van der Waals surface area contributed by atoms with Crippen molar-refractivity contribution in [3.05, 3.63) is 0 Å². The Bertz CT molecular complexity index is 1770. The van der Waals surface area contributed by atoms with Crippen LogP contribution in [0.5, 0.6) is 0 Å². The third-order valence-electron chi connectivity index (χ3n) is 16.4. The predicted octanol–water partition coefficient (Wildman–Crippen LogP) is 19.7. The first-order valence-corrected chi connectivity index (χ1v) is 39.2. The molecule has 0 aromatic carbocycles. The molecule has 0 radical (unpaired) electrons. The zero-order chi connectivity index (χ0) is 66.1. The molecular weight excluding hydrogens is 1170 g/mol. The standard InChI is InChI=1S/C70H136O17P2/c1-9-63(8)49-41-33-28-29-35-43-51-68(73)81-57-66(87-70(75)53-45-37-27-21-15-18-24-32-40-48-62(6)7)59-85-89(78,79)83-55-64(71)54-82-88(76,77)84-58-65(86-69(74)52-44-36-26-20-14-17-23-31-39-47-61(4)5)56-80-67(72)50-42-34-25-19-13-11-10-12-16-22-30-38-46-60(2)3/h60-66,71H,9-59H2,1-8H3,(H,76,77)(H,78,79)/t63?,64-,65-,66-/m1/s1. The summed E-state index contributed by atoms with van der Waals surface area (Å²) in [7, 11) is -9.90. The lowest BCUT2D eigenvalue weighted by molar-refractivity contribution is -0.161. The molecule has 0 aromatic heterocycles. The molecule has 528 valence electrons. The van der Waals surface area contributed by atoms with E-state index >= 15 is 0 Å². The lowest BCUT2D eigenvalue weighted by atomic mass is 10.00. The van der Waals surface area contributed by atoms with Gasteiger partial charge < -0.3 is 33.8 Å². The van der Waals surface area contributed by atoms with Crippen molar-refractivity contribution in [3.8, 4) is 0 Å². The number of hydrogen-bond donors (Lipinski definition) is 3. The van der Waals surface area contributed by atoms with Crippen LogP contribution in [0.3, 0.4) is 0 Å². The highest BCUT2D eigenvalue weighted by molar-refractivity contribution is 7.47. The van der Waals surface area contributed by atoms with Gasteiger partial charge in [0.25, 0.3) is 0 Å². The fraction of sp³-hybridized carbons (Fsp3) is 0.943. The second kappa shape index (κ2) is 59.8. The smallest absolute Gasteiger partial charge is 0.462 e. The SMILES string of the molecule is CCC(C)CCCCCCCCC(=O)OC[C@H](COP(=O)(O)OC[C@H](O)COP(=O)(O)OC[C@@H](COC(=O)CCCCCCCCCCCCCCC(C)C)OC(=O)CCCCCCCCCCCC(C)C)OC(=O)CCCCCCCCCCCC(C)C. The minimum Gasteiger partial charge on any atom is -0.462 e. The van der Waals surface area contributed by atoms with Crippen molar-refractivity contribution in [3.63, 3.8) is 0 Å². The average molecular weight is 1310 g/mol. The number of unbranched alkanes of at least 4 members (excludes halogenated alkanes) is 32. The summed E-state index contributed by atoms with van der Waals surface area (Å²) in [5.41, 5.74) is 0. The summed E-state index contributed by atoms with van der Waals surface area (Å²) in [4.78, 5) is 72.5. The van der Waals surface area contributed by atoms with Gasteiger partial charge in [-0.3, -0.25) is 37.3 Å². The van der Waals surface area contributed by atoms with Gasteiger partial charge in [0.1, 0.15) is 19.3 Å². The van der Waals surface area contributed by atoms with Crippen molar-refractivity contribution >= 4 is 39.5 Å². The molecule has 0 saturated carbocycles. The molecule has 3 unspecified atom stereocenters. The highest BCUT2D eigenvalue weighted by atomic mass is 31.2. The van der Waals surface area contributed by atoms with Crippen LogP contribution >= 0.6 is 15.6 Å². The van der Waals surface area contributed by atoms with Gasteiger partial charge >= 0.3 is 39.5 Å². The number of phosphoric ester groups is 2. The summed E-state index contributed by atoms with van der Waals surface area (Å²) in [6.45, 7) is 14.1. The zero-order valence-electron chi connectivity index (χ0n) is 58.1. The van der Waals surface area contributed by atoms with E-state index in [1.807, 2.05) is 0 Å². The molecule has 0 aromatic rings. The maximum absolute atomic E-state index is 13.0. The van der Waals surface area contributed by atoms with Gasteiger partial charge in [0, 0.05) is 25.7 Å². The van der Waals surface area contributed by atoms with Crippen LogP contribution in [0, 0.1) is 23.7 Å². The van der Waals surface area contributed by atoms with Crippen LogP contribution in [0.1, 0.15) is 344 Å². The van der Waals surface area contributed by atoms with E-state index in [1.165, 1.54) is 141 Å². The van der Waals surface area contributed by atoms with Crippen LogP contribution in [0.2, 0.25) is 0 Å². The van der Waals surface area contributed by atoms with Gasteiger partial charge in [-0.2, -0.15) is 0 Å². The summed E-state index contributed by atoms with van der Waals surface area (Å²) in [5, 5.41) is 10.6. The summed E-state index contributed by atoms with van der Waals surface area (Å²) in [6, 6.07) is 0. The topological polar surface area (TPSA) is 237 Å². The molecule has 0 fully saturated rings. The molecule has 19 heteroatoms. The monoisotopic (exact) mass is 1310 g/mol. The van der Waals surface area contributed by atoms with E-state index in [2.05, 4.69) is 55.4 Å². The number of aliphatic hydroxyl groups is 1. The second-order valence-corrected chi connectivity index (χ2v) is 29.8. The molecule has 0 aliphatic carbocycles. The van der Waals surface area contributed by atoms with Gasteiger partial charge in [-0.15, -0.1) is 0 Å². The predicted molar refractivity (Wildman–Crippen MR) is 358 cm³/mol. The molecule has 0 saturated heterocycles. The Morgan fingerprint density at radius 1 is 0.315 bits per heavy atom. The number of rotatable bonds is 67. The Labute approximate surface area is 543 Å². The molecule has 0 heterocycles. The Balaban J connectivity index is 5.25. The van der Waals surface area contributed by atoms with Gasteiger partial charge in [0.15, 0.2) is 12.2 Å². The van der Waals surface area contributed by atoms with Crippen LogP contribution in [-0.2, 0) is 65.4 Å². The molecule has 0 aliphatic rings. The summed E-state index contributed by atoms with van der Waals surface area (Å²) in [6.07, 6.45) is 41.7. The number of aliphatic hydroxyl groups excluding tert-OH is 1. The fourth-order valence-corrected chi connectivity index (χ4v) is 12.0. The Morgan fingerprint density at radius 3 is 0.798 bits per heavy atom. The number of phosphoric acid groups is 2. The highest BCUT2D eigenvalue weighted by Crippen LogP contribution is 2.45. The van der Waals surface area contributed by atoms with E-state index in [0.717, 1.165) is 120 Å². The Kier molecular flexibility index (Phi) is 58.5. The van der Waals surface area contributed by atoms with Crippen LogP contribution in [-0.4, -0.2) is 96.7 Å². The van der Waals surface area contributed by atoms with Crippen molar-refractivity contribution in [2.75, 3.05) is 39.6 Å². The molecule has 17 nitrogen and oxygen atoms in total. The molecule has 3 N–H and O–H groups in total. The van der Waals surface area contributed by atoms with E-state index in [0.29, 0.717) is 25.7 Å². The normalized spacial score (nSPS) is 14.6. The quantitative estimate of drug-likeness (QED) is 0.0222. The lowest BCUT2D eigenvalue weighted by Crippen LogP contribution is -2.30.